The number of aryl methyl sites for hydroxylation is 1. The molecule has 1 amide bonds. The number of nitrogens with one attached hydrogen (secondary N) is 1. The Morgan fingerprint density at radius 1 is 1.02 bits per heavy atom. The molecule has 0 bridgehead atoms. The predicted molar refractivity (Wildman–Crippen MR) is 165 cm³/mol. The van der Waals surface area contributed by atoms with Crippen molar-refractivity contribution in [2.24, 2.45) is 0 Å². The number of rotatable bonds is 8. The van der Waals surface area contributed by atoms with Crippen LogP contribution in [0.3, 0.4) is 0 Å². The number of sulfonamides is 1. The van der Waals surface area contributed by atoms with Gasteiger partial charge in [0.25, 0.3) is 0 Å². The van der Waals surface area contributed by atoms with Gasteiger partial charge >= 0.3 is 6.09 Å². The lowest BCUT2D eigenvalue weighted by molar-refractivity contribution is 0.132. The first kappa shape index (κ1) is 28.7. The van der Waals surface area contributed by atoms with E-state index in [4.69, 9.17) is 9.72 Å². The highest BCUT2D eigenvalue weighted by atomic mass is 32.2. The van der Waals surface area contributed by atoms with E-state index >= 15 is 0 Å². The SMILES string of the molecule is Cc1ccc2c(N(C3CCC3)S(C)(=O)=O)cccc2c1Oc1ncccc1-c1ccnc(NC2CCCN(C(=O)O)C2)n1. The quantitative estimate of drug-likeness (QED) is 0.261. The number of fused-ring (bicyclic) bond motifs is 1. The van der Waals surface area contributed by atoms with Gasteiger partial charge in [0.15, 0.2) is 0 Å². The molecule has 1 aliphatic carbocycles. The van der Waals surface area contributed by atoms with Gasteiger partial charge in [-0.3, -0.25) is 4.31 Å². The highest BCUT2D eigenvalue weighted by Crippen LogP contribution is 2.42. The lowest BCUT2D eigenvalue weighted by Crippen LogP contribution is -2.44. The van der Waals surface area contributed by atoms with Crippen LogP contribution in [-0.2, 0) is 10.0 Å². The molecule has 2 aliphatic rings. The number of hydrogen-bond donors (Lipinski definition) is 2. The van der Waals surface area contributed by atoms with Crippen molar-refractivity contribution in [2.75, 3.05) is 29.0 Å². The predicted octanol–water partition coefficient (Wildman–Crippen LogP) is 5.67. The zero-order valence-corrected chi connectivity index (χ0v) is 24.9. The second-order valence-corrected chi connectivity index (χ2v) is 13.0. The van der Waals surface area contributed by atoms with Crippen LogP contribution in [0.4, 0.5) is 16.4 Å². The summed E-state index contributed by atoms with van der Waals surface area (Å²) in [6, 6.07) is 14.8. The lowest BCUT2D eigenvalue weighted by Gasteiger charge is -2.37. The topological polar surface area (TPSA) is 138 Å². The largest absolute Gasteiger partial charge is 0.465 e. The molecule has 1 aliphatic heterocycles. The Bertz CT molecular complexity index is 1780. The summed E-state index contributed by atoms with van der Waals surface area (Å²) in [5.41, 5.74) is 2.77. The Kier molecular flexibility index (Phi) is 7.78. The number of hydrogen-bond acceptors (Lipinski definition) is 8. The van der Waals surface area contributed by atoms with Gasteiger partial charge in [-0.15, -0.1) is 0 Å². The summed E-state index contributed by atoms with van der Waals surface area (Å²) >= 11 is 0. The third-order valence-electron chi connectivity index (χ3n) is 8.11. The van der Waals surface area contributed by atoms with Crippen molar-refractivity contribution in [3.8, 4) is 22.9 Å². The van der Waals surface area contributed by atoms with E-state index in [2.05, 4.69) is 15.3 Å². The lowest BCUT2D eigenvalue weighted by atomic mass is 9.92. The summed E-state index contributed by atoms with van der Waals surface area (Å²) in [6.45, 7) is 2.83. The maximum Gasteiger partial charge on any atom is 0.407 e. The molecule has 224 valence electrons. The first-order valence-electron chi connectivity index (χ1n) is 14.4. The van der Waals surface area contributed by atoms with Crippen molar-refractivity contribution in [1.82, 2.24) is 19.9 Å². The molecule has 1 atom stereocenters. The number of benzene rings is 2. The Morgan fingerprint density at radius 2 is 1.86 bits per heavy atom. The normalized spacial score (nSPS) is 17.3. The van der Waals surface area contributed by atoms with Gasteiger partial charge in [0.1, 0.15) is 5.75 Å². The smallest absolute Gasteiger partial charge is 0.407 e. The fourth-order valence-electron chi connectivity index (χ4n) is 5.81. The van der Waals surface area contributed by atoms with E-state index < -0.39 is 16.1 Å². The van der Waals surface area contributed by atoms with Crippen molar-refractivity contribution in [3.05, 3.63) is 66.5 Å². The first-order chi connectivity index (χ1) is 20.7. The van der Waals surface area contributed by atoms with E-state index in [0.717, 1.165) is 48.4 Å². The fraction of sp³-hybridized carbons (Fsp3) is 0.355. The summed E-state index contributed by atoms with van der Waals surface area (Å²) in [4.78, 5) is 26.5. The van der Waals surface area contributed by atoms with E-state index in [0.29, 0.717) is 47.6 Å². The molecule has 6 rings (SSSR count). The van der Waals surface area contributed by atoms with Gasteiger partial charge in [0.2, 0.25) is 21.9 Å². The molecule has 3 heterocycles. The second-order valence-electron chi connectivity index (χ2n) is 11.2. The molecular weight excluding hydrogens is 568 g/mol. The van der Waals surface area contributed by atoms with Gasteiger partial charge in [-0.05, 0) is 68.9 Å². The van der Waals surface area contributed by atoms with Crippen LogP contribution in [0.2, 0.25) is 0 Å². The van der Waals surface area contributed by atoms with Gasteiger partial charge in [0, 0.05) is 48.3 Å². The molecule has 4 aromatic rings. The van der Waals surface area contributed by atoms with Crippen molar-refractivity contribution in [1.29, 1.82) is 0 Å². The molecule has 2 aromatic carbocycles. The monoisotopic (exact) mass is 602 g/mol. The Hall–Kier alpha value is -4.45. The van der Waals surface area contributed by atoms with Crippen molar-refractivity contribution >= 4 is 38.5 Å². The average Bonchev–Trinajstić information content (AvgIpc) is 2.96. The molecule has 0 spiro atoms. The summed E-state index contributed by atoms with van der Waals surface area (Å²) < 4.78 is 33.9. The van der Waals surface area contributed by atoms with Crippen molar-refractivity contribution in [2.45, 2.75) is 51.1 Å². The van der Waals surface area contributed by atoms with Crippen LogP contribution in [-0.4, -0.2) is 70.9 Å². The number of nitrogens with zero attached hydrogens (tertiary/aromatic N) is 5. The Morgan fingerprint density at radius 3 is 2.60 bits per heavy atom. The minimum Gasteiger partial charge on any atom is -0.465 e. The number of pyridine rings is 1. The molecule has 1 saturated carbocycles. The molecular formula is C31H34N6O5S. The van der Waals surface area contributed by atoms with Crippen LogP contribution < -0.4 is 14.4 Å². The number of piperidine rings is 1. The number of carbonyl (C=O) groups is 1. The maximum atomic E-state index is 12.9. The number of anilines is 2. The van der Waals surface area contributed by atoms with E-state index in [1.165, 1.54) is 11.2 Å². The minimum absolute atomic E-state index is 0.0463. The van der Waals surface area contributed by atoms with Crippen LogP contribution >= 0.6 is 0 Å². The number of likely N-dealkylation sites (tertiary alicyclic amines) is 1. The van der Waals surface area contributed by atoms with Gasteiger partial charge in [-0.1, -0.05) is 24.3 Å². The highest BCUT2D eigenvalue weighted by molar-refractivity contribution is 7.92. The van der Waals surface area contributed by atoms with Gasteiger partial charge in [-0.2, -0.15) is 0 Å². The third-order valence-corrected chi connectivity index (χ3v) is 9.32. The summed E-state index contributed by atoms with van der Waals surface area (Å²) in [7, 11) is -3.49. The molecule has 0 radical (unpaired) electrons. The number of ether oxygens (including phenoxy) is 1. The Labute approximate surface area is 250 Å². The molecule has 1 unspecified atom stereocenters. The summed E-state index contributed by atoms with van der Waals surface area (Å²) in [6.07, 6.45) is 7.90. The van der Waals surface area contributed by atoms with Crippen LogP contribution in [0, 0.1) is 6.92 Å². The third kappa shape index (κ3) is 5.92. The van der Waals surface area contributed by atoms with E-state index in [1.54, 1.807) is 28.8 Å². The van der Waals surface area contributed by atoms with Gasteiger partial charge < -0.3 is 20.1 Å². The Balaban J connectivity index is 1.33. The number of carboxylic acid groups (broad SMARTS) is 1. The molecule has 1 saturated heterocycles. The van der Waals surface area contributed by atoms with Crippen LogP contribution in [0.15, 0.2) is 60.9 Å². The maximum absolute atomic E-state index is 12.9. The van der Waals surface area contributed by atoms with E-state index in [-0.39, 0.29) is 12.1 Å². The molecule has 11 nitrogen and oxygen atoms in total. The van der Waals surface area contributed by atoms with Gasteiger partial charge in [-0.25, -0.2) is 28.2 Å². The molecule has 2 fully saturated rings. The first-order valence-corrected chi connectivity index (χ1v) is 16.3. The van der Waals surface area contributed by atoms with Crippen molar-refractivity contribution < 1.29 is 23.1 Å². The van der Waals surface area contributed by atoms with E-state index in [9.17, 15) is 18.3 Å². The summed E-state index contributed by atoms with van der Waals surface area (Å²) in [5.74, 6) is 1.33. The van der Waals surface area contributed by atoms with Crippen LogP contribution in [0.1, 0.15) is 37.7 Å². The van der Waals surface area contributed by atoms with Crippen LogP contribution in [0.5, 0.6) is 11.6 Å². The number of aromatic nitrogens is 3. The standard InChI is InChI=1S/C31H34N6O5S/c1-20-13-14-23-24(10-4-12-27(23)37(43(2,40)41)22-8-3-9-22)28(20)42-29-25(11-5-16-32-29)26-15-17-33-30(35-26)34-21-7-6-18-36(19-21)31(38)39/h4-5,10-17,21-22H,3,6-9,18-19H2,1-2H3,(H,38,39)(H,33,34,35). The zero-order chi connectivity index (χ0) is 30.1. The molecule has 2 N–H and O–H groups in total. The fourth-order valence-corrected chi connectivity index (χ4v) is 7.08. The molecule has 2 aromatic heterocycles. The molecule has 12 heteroatoms. The zero-order valence-electron chi connectivity index (χ0n) is 24.1. The average molecular weight is 603 g/mol. The van der Waals surface area contributed by atoms with Crippen LogP contribution in [0.25, 0.3) is 22.0 Å². The number of amides is 1. The minimum atomic E-state index is -3.49. The second kappa shape index (κ2) is 11.7. The highest BCUT2D eigenvalue weighted by Gasteiger charge is 2.33. The van der Waals surface area contributed by atoms with E-state index in [1.807, 2.05) is 43.3 Å². The van der Waals surface area contributed by atoms with Crippen molar-refractivity contribution in [3.63, 3.8) is 0 Å². The summed E-state index contributed by atoms with van der Waals surface area (Å²) in [5, 5.41) is 14.2. The molecule has 43 heavy (non-hydrogen) atoms. The van der Waals surface area contributed by atoms with Gasteiger partial charge in [0.05, 0.1) is 23.2 Å².